The van der Waals surface area contributed by atoms with E-state index in [-0.39, 0.29) is 0 Å². The fraction of sp³-hybridized carbons (Fsp3) is 0.455. The summed E-state index contributed by atoms with van der Waals surface area (Å²) < 4.78 is 107. The van der Waals surface area contributed by atoms with Gasteiger partial charge in [0, 0.05) is 6.66 Å². The van der Waals surface area contributed by atoms with Gasteiger partial charge in [0.25, 0.3) is 0 Å². The monoisotopic (exact) mass is 369 g/mol. The van der Waals surface area contributed by atoms with Gasteiger partial charge < -0.3 is 14.0 Å². The summed E-state index contributed by atoms with van der Waals surface area (Å²) in [6.07, 6.45) is -15.4. The van der Waals surface area contributed by atoms with Crippen molar-refractivity contribution in [1.29, 1.82) is 0 Å². The van der Waals surface area contributed by atoms with E-state index >= 15 is 0 Å². The molecule has 12 heteroatoms. The third-order valence-corrected chi connectivity index (χ3v) is 2.95. The Balaban J connectivity index is 3.31. The van der Waals surface area contributed by atoms with Gasteiger partial charge >= 0.3 is 18.4 Å². The van der Waals surface area contributed by atoms with Crippen LogP contribution in [0.2, 0.25) is 0 Å². The zero-order chi connectivity index (χ0) is 18.1. The Bertz CT molecular complexity index is 569. The Morgan fingerprint density at radius 2 is 1.52 bits per heavy atom. The van der Waals surface area contributed by atoms with E-state index in [0.29, 0.717) is 6.66 Å². The molecule has 0 aliphatic rings. The van der Waals surface area contributed by atoms with Crippen LogP contribution >= 0.6 is 7.60 Å². The van der Waals surface area contributed by atoms with E-state index in [1.165, 1.54) is 6.07 Å². The molecule has 0 amide bonds. The van der Waals surface area contributed by atoms with Crippen molar-refractivity contribution in [3.05, 3.63) is 35.9 Å². The minimum atomic E-state index is -6.08. The van der Waals surface area contributed by atoms with Gasteiger partial charge in [-0.1, -0.05) is 30.3 Å². The smallest absolute Gasteiger partial charge is 0.527 e. The molecule has 0 aliphatic carbocycles. The lowest BCUT2D eigenvalue weighted by Crippen LogP contribution is -2.50. The van der Waals surface area contributed by atoms with Crippen LogP contribution in [0.4, 0.5) is 30.7 Å². The molecule has 0 bridgehead atoms. The van der Waals surface area contributed by atoms with Crippen molar-refractivity contribution in [1.82, 2.24) is 0 Å². The van der Waals surface area contributed by atoms with Crippen molar-refractivity contribution in [2.75, 3.05) is 6.66 Å². The van der Waals surface area contributed by atoms with Crippen LogP contribution in [-0.2, 0) is 13.8 Å². The Kier molecular flexibility index (Phi) is 5.52. The van der Waals surface area contributed by atoms with Gasteiger partial charge in [0.2, 0.25) is 0 Å². The van der Waals surface area contributed by atoms with Crippen LogP contribution in [-0.4, -0.2) is 25.1 Å². The van der Waals surface area contributed by atoms with E-state index in [9.17, 15) is 40.2 Å². The van der Waals surface area contributed by atoms with Crippen molar-refractivity contribution >= 4 is 7.60 Å². The second-order valence-electron chi connectivity index (χ2n) is 4.36. The lowest BCUT2D eigenvalue weighted by atomic mass is 10.0. The normalized spacial score (nSPS) is 17.6. The molecule has 0 fully saturated rings. The average molecular weight is 369 g/mol. The number of halogens is 7. The summed E-state index contributed by atoms with van der Waals surface area (Å²) in [6.45, 7) is 0.307. The first-order valence-electron chi connectivity index (χ1n) is 5.70. The molecule has 1 unspecified atom stereocenters. The summed E-state index contributed by atoms with van der Waals surface area (Å²) in [7, 11) is -5.00. The maximum absolute atomic E-state index is 13.9. The van der Waals surface area contributed by atoms with Crippen molar-refractivity contribution in [3.8, 4) is 0 Å². The summed E-state index contributed by atoms with van der Waals surface area (Å²) in [5.74, 6) is -5.64. The lowest BCUT2D eigenvalue weighted by molar-refractivity contribution is -0.473. The minimum absolute atomic E-state index is 0.307. The molecule has 2 atom stereocenters. The molecule has 0 N–H and O–H groups in total. The Hall–Kier alpha value is -1.16. The molecule has 1 rings (SSSR count). The van der Waals surface area contributed by atoms with E-state index in [4.69, 9.17) is 0 Å². The Morgan fingerprint density at radius 1 is 1.04 bits per heavy atom. The number of hydrogen-bond donors (Lipinski definition) is 0. The quantitative estimate of drug-likeness (QED) is 0.567. The molecule has 0 saturated heterocycles. The summed E-state index contributed by atoms with van der Waals surface area (Å²) in [4.78, 5) is 11.0. The van der Waals surface area contributed by atoms with Crippen molar-refractivity contribution in [2.45, 2.75) is 24.5 Å². The number of ether oxygens (including phenoxy) is 1. The first kappa shape index (κ1) is 19.9. The molecular formula is C11H9F7O4P-. The molecule has 1 aromatic rings. The van der Waals surface area contributed by atoms with E-state index < -0.39 is 37.7 Å². The molecular weight excluding hydrogens is 360 g/mol. The third-order valence-electron chi connectivity index (χ3n) is 2.36. The summed E-state index contributed by atoms with van der Waals surface area (Å²) in [5, 5.41) is 0. The zero-order valence-electron chi connectivity index (χ0n) is 11.2. The van der Waals surface area contributed by atoms with Crippen LogP contribution < -0.4 is 4.89 Å². The molecule has 0 aliphatic heterocycles. The van der Waals surface area contributed by atoms with Crippen molar-refractivity contribution in [2.24, 2.45) is 0 Å². The van der Waals surface area contributed by atoms with E-state index in [1.54, 1.807) is 0 Å². The van der Waals surface area contributed by atoms with Crippen LogP contribution in [0.3, 0.4) is 0 Å². The van der Waals surface area contributed by atoms with Crippen LogP contribution in [0.15, 0.2) is 30.3 Å². The first-order chi connectivity index (χ1) is 10.2. The predicted octanol–water partition coefficient (Wildman–Crippen LogP) is 3.69. The van der Waals surface area contributed by atoms with Crippen LogP contribution in [0.1, 0.15) is 11.7 Å². The maximum Gasteiger partial charge on any atom is 0.527 e. The minimum Gasteiger partial charge on any atom is -0.779 e. The van der Waals surface area contributed by atoms with E-state index in [0.717, 1.165) is 24.3 Å². The first-order valence-corrected chi connectivity index (χ1v) is 7.69. The van der Waals surface area contributed by atoms with Crippen molar-refractivity contribution < 1.29 is 49.5 Å². The highest BCUT2D eigenvalue weighted by Gasteiger charge is 2.67. The molecule has 4 nitrogen and oxygen atoms in total. The van der Waals surface area contributed by atoms with Gasteiger partial charge in [-0.3, -0.25) is 0 Å². The maximum atomic E-state index is 13.9. The van der Waals surface area contributed by atoms with E-state index in [1.807, 2.05) is 0 Å². The van der Waals surface area contributed by atoms with Gasteiger partial charge in [-0.05, 0) is 5.56 Å². The molecule has 0 spiro atoms. The highest BCUT2D eigenvalue weighted by molar-refractivity contribution is 7.50. The van der Waals surface area contributed by atoms with Gasteiger partial charge in [0.15, 0.2) is 6.10 Å². The average Bonchev–Trinajstić information content (AvgIpc) is 2.32. The fourth-order valence-corrected chi connectivity index (χ4v) is 2.16. The largest absolute Gasteiger partial charge is 0.779 e. The van der Waals surface area contributed by atoms with Gasteiger partial charge in [0.1, 0.15) is 7.60 Å². The topological polar surface area (TPSA) is 58.6 Å². The summed E-state index contributed by atoms with van der Waals surface area (Å²) >= 11 is 0. The molecule has 23 heavy (non-hydrogen) atoms. The van der Waals surface area contributed by atoms with Crippen LogP contribution in [0, 0.1) is 0 Å². The lowest BCUT2D eigenvalue weighted by Gasteiger charge is -2.35. The molecule has 1 aromatic carbocycles. The Labute approximate surface area is 125 Å². The fourth-order valence-electron chi connectivity index (χ4n) is 1.52. The van der Waals surface area contributed by atoms with Gasteiger partial charge in [-0.25, -0.2) is 4.74 Å². The highest BCUT2D eigenvalue weighted by atomic mass is 31.2. The highest BCUT2D eigenvalue weighted by Crippen LogP contribution is 2.52. The molecule has 0 heterocycles. The van der Waals surface area contributed by atoms with Crippen molar-refractivity contribution in [3.63, 3.8) is 0 Å². The number of rotatable bonds is 6. The second kappa shape index (κ2) is 6.39. The molecule has 0 saturated carbocycles. The number of alkyl halides is 7. The molecule has 0 radical (unpaired) electrons. The van der Waals surface area contributed by atoms with Gasteiger partial charge in [0.05, 0.1) is 0 Å². The zero-order valence-corrected chi connectivity index (χ0v) is 12.1. The SMILES string of the molecule is CP(=O)([O-])O[C@@H](c1ccccc1)C(F)(F)C(F)(F)OC(F)(F)F. The van der Waals surface area contributed by atoms with E-state index in [2.05, 4.69) is 9.26 Å². The number of benzene rings is 1. The van der Waals surface area contributed by atoms with Crippen LogP contribution in [0.5, 0.6) is 0 Å². The summed E-state index contributed by atoms with van der Waals surface area (Å²) in [5.41, 5.74) is -0.777. The van der Waals surface area contributed by atoms with Crippen LogP contribution in [0.25, 0.3) is 0 Å². The summed E-state index contributed by atoms with van der Waals surface area (Å²) in [6, 6.07) is 5.02. The second-order valence-corrected chi connectivity index (χ2v) is 6.11. The molecule has 132 valence electrons. The standard InChI is InChI=1S/C11H10F7O4P/c1-23(19,20)21-8(7-5-3-2-4-6-7)9(12,13)10(14,15)22-11(16,17)18/h2-6,8H,1H3,(H,19,20)/p-1/t8-/m0/s1. The number of hydrogen-bond acceptors (Lipinski definition) is 4. The van der Waals surface area contributed by atoms with Gasteiger partial charge in [-0.2, -0.15) is 17.6 Å². The molecule has 0 aromatic heterocycles. The Morgan fingerprint density at radius 3 is 1.91 bits per heavy atom. The third kappa shape index (κ3) is 5.45. The van der Waals surface area contributed by atoms with Gasteiger partial charge in [-0.15, -0.1) is 13.2 Å². The predicted molar refractivity (Wildman–Crippen MR) is 60.8 cm³/mol.